The van der Waals surface area contributed by atoms with E-state index >= 15 is 0 Å². The highest BCUT2D eigenvalue weighted by molar-refractivity contribution is 5.87. The van der Waals surface area contributed by atoms with Crippen LogP contribution in [-0.2, 0) is 0 Å². The molecule has 0 amide bonds. The van der Waals surface area contributed by atoms with Gasteiger partial charge in [-0.25, -0.2) is 4.98 Å². The van der Waals surface area contributed by atoms with Gasteiger partial charge in [-0.1, -0.05) is 170 Å². The summed E-state index contributed by atoms with van der Waals surface area (Å²) in [7, 11) is 0. The summed E-state index contributed by atoms with van der Waals surface area (Å²) in [6, 6.07) is 91.7. The number of fused-ring (bicyclic) bond motifs is 1. The first-order valence-electron chi connectivity index (χ1n) is 21.9. The molecule has 11 rings (SSSR count). The van der Waals surface area contributed by atoms with Gasteiger partial charge in [-0.15, -0.1) is 0 Å². The number of hydrogen-bond acceptors (Lipinski definition) is 4. The van der Waals surface area contributed by atoms with Gasteiger partial charge in [0.05, 0.1) is 0 Å². The maximum atomic E-state index is 6.60. The smallest absolute Gasteiger partial charge is 0.227 e. The second-order valence-electron chi connectivity index (χ2n) is 16.0. The molecule has 0 N–H and O–H groups in total. The molecule has 0 aliphatic carbocycles. The summed E-state index contributed by atoms with van der Waals surface area (Å²) in [4.78, 5) is 9.55. The number of anilines is 6. The molecule has 308 valence electrons. The molecule has 0 radical (unpaired) electrons. The molecule has 0 saturated heterocycles. The lowest BCUT2D eigenvalue weighted by atomic mass is 10.0. The highest BCUT2D eigenvalue weighted by Crippen LogP contribution is 2.41. The average Bonchev–Trinajstić information content (AvgIpc) is 3.83. The molecule has 0 atom stereocenters. The van der Waals surface area contributed by atoms with Crippen LogP contribution in [-0.4, -0.2) is 4.98 Å². The molecule has 0 bridgehead atoms. The number of nitrogens with zero attached hydrogens (tertiary/aromatic N) is 3. The number of hydrogen-bond donors (Lipinski definition) is 0. The Kier molecular flexibility index (Phi) is 10.6. The SMILES string of the molecule is c1ccc(-c2ccc(N(c3ccc(-c4ccccc4)cc3)c3ccc(-c4nc5ccc(N(c6ccc(-c7ccccc7)cc6)c6ccc(-c7ccccc7)cc6)cc5o4)cc3)cc2)cc1. The fraction of sp³-hybridized carbons (Fsp3) is 0. The van der Waals surface area contributed by atoms with Crippen molar-refractivity contribution in [3.8, 4) is 56.0 Å². The zero-order chi connectivity index (χ0) is 43.4. The van der Waals surface area contributed by atoms with Crippen LogP contribution in [0, 0.1) is 0 Å². The summed E-state index contributed by atoms with van der Waals surface area (Å²) in [5.74, 6) is 0.570. The molecule has 4 heteroatoms. The fourth-order valence-corrected chi connectivity index (χ4v) is 8.56. The van der Waals surface area contributed by atoms with E-state index in [0.717, 1.165) is 45.2 Å². The first-order chi connectivity index (χ1) is 32.2. The Bertz CT molecular complexity index is 3130. The van der Waals surface area contributed by atoms with Gasteiger partial charge in [0.15, 0.2) is 5.58 Å². The average molecular weight is 834 g/mol. The van der Waals surface area contributed by atoms with Crippen LogP contribution >= 0.6 is 0 Å². The Balaban J connectivity index is 0.921. The maximum absolute atomic E-state index is 6.60. The van der Waals surface area contributed by atoms with Crippen LogP contribution < -0.4 is 9.80 Å². The van der Waals surface area contributed by atoms with Gasteiger partial charge in [0.2, 0.25) is 5.89 Å². The summed E-state index contributed by atoms with van der Waals surface area (Å²) in [6.45, 7) is 0. The normalized spacial score (nSPS) is 11.1. The van der Waals surface area contributed by atoms with Crippen LogP contribution in [0.3, 0.4) is 0 Å². The molecule has 0 spiro atoms. The van der Waals surface area contributed by atoms with Crippen molar-refractivity contribution < 1.29 is 4.42 Å². The van der Waals surface area contributed by atoms with Gasteiger partial charge >= 0.3 is 0 Å². The quantitative estimate of drug-likeness (QED) is 0.130. The summed E-state index contributed by atoms with van der Waals surface area (Å²) in [6.07, 6.45) is 0. The second kappa shape index (κ2) is 17.6. The molecule has 4 nitrogen and oxygen atoms in total. The Morgan fingerprint density at radius 3 is 0.831 bits per heavy atom. The molecule has 0 saturated carbocycles. The van der Waals surface area contributed by atoms with Gasteiger partial charge in [-0.3, -0.25) is 0 Å². The van der Waals surface area contributed by atoms with Gasteiger partial charge in [-0.05, 0) is 129 Å². The van der Waals surface area contributed by atoms with E-state index in [1.807, 2.05) is 24.3 Å². The predicted molar refractivity (Wildman–Crippen MR) is 271 cm³/mol. The van der Waals surface area contributed by atoms with E-state index in [4.69, 9.17) is 9.40 Å². The molecule has 0 aliphatic rings. The molecular formula is C61H43N3O. The van der Waals surface area contributed by atoms with E-state index in [9.17, 15) is 0 Å². The van der Waals surface area contributed by atoms with Crippen LogP contribution in [0.15, 0.2) is 265 Å². The van der Waals surface area contributed by atoms with Crippen molar-refractivity contribution in [1.29, 1.82) is 0 Å². The van der Waals surface area contributed by atoms with E-state index in [1.54, 1.807) is 0 Å². The van der Waals surface area contributed by atoms with E-state index < -0.39 is 0 Å². The van der Waals surface area contributed by atoms with Crippen LogP contribution in [0.4, 0.5) is 34.1 Å². The molecule has 10 aromatic carbocycles. The third-order valence-corrected chi connectivity index (χ3v) is 11.9. The van der Waals surface area contributed by atoms with Gasteiger partial charge in [0.25, 0.3) is 0 Å². The van der Waals surface area contributed by atoms with E-state index in [1.165, 1.54) is 44.5 Å². The Labute approximate surface area is 379 Å². The molecular weight excluding hydrogens is 791 g/mol. The lowest BCUT2D eigenvalue weighted by Gasteiger charge is -2.26. The third kappa shape index (κ3) is 8.20. The zero-order valence-corrected chi connectivity index (χ0v) is 35.6. The standard InChI is InChI=1S/C61H43N3O/c1-5-13-44(14-6-1)48-21-31-53(32-22-48)63(54-33-23-49(24-34-54)45-15-7-2-8-16-45)55-39-29-52(30-40-55)61-62-59-42-41-58(43-60(59)65-61)64(56-35-25-50(26-36-56)46-17-9-3-10-18-46)57-37-27-51(28-38-57)47-19-11-4-12-20-47/h1-43H. The topological polar surface area (TPSA) is 32.5 Å². The van der Waals surface area contributed by atoms with Crippen LogP contribution in [0.5, 0.6) is 0 Å². The Morgan fingerprint density at radius 2 is 0.508 bits per heavy atom. The van der Waals surface area contributed by atoms with Crippen molar-refractivity contribution in [2.75, 3.05) is 9.80 Å². The minimum absolute atomic E-state index is 0.570. The van der Waals surface area contributed by atoms with Crippen LogP contribution in [0.25, 0.3) is 67.1 Å². The third-order valence-electron chi connectivity index (χ3n) is 11.9. The molecule has 0 unspecified atom stereocenters. The number of benzene rings is 10. The fourth-order valence-electron chi connectivity index (χ4n) is 8.56. The number of oxazole rings is 1. The van der Waals surface area contributed by atoms with Gasteiger partial charge < -0.3 is 14.2 Å². The highest BCUT2D eigenvalue weighted by Gasteiger charge is 2.18. The summed E-state index contributed by atoms with van der Waals surface area (Å²) in [5, 5.41) is 0. The van der Waals surface area contributed by atoms with Crippen LogP contribution in [0.2, 0.25) is 0 Å². The highest BCUT2D eigenvalue weighted by atomic mass is 16.3. The van der Waals surface area contributed by atoms with E-state index in [2.05, 4.69) is 246 Å². The molecule has 1 aromatic heterocycles. The van der Waals surface area contributed by atoms with Crippen molar-refractivity contribution in [2.24, 2.45) is 0 Å². The van der Waals surface area contributed by atoms with E-state index in [0.29, 0.717) is 11.5 Å². The Hall–Kier alpha value is -8.73. The van der Waals surface area contributed by atoms with Crippen molar-refractivity contribution in [2.45, 2.75) is 0 Å². The largest absolute Gasteiger partial charge is 0.436 e. The van der Waals surface area contributed by atoms with Crippen molar-refractivity contribution in [3.05, 3.63) is 261 Å². The lowest BCUT2D eigenvalue weighted by Crippen LogP contribution is -2.09. The molecule has 0 aliphatic heterocycles. The van der Waals surface area contributed by atoms with Crippen molar-refractivity contribution >= 4 is 45.2 Å². The monoisotopic (exact) mass is 833 g/mol. The van der Waals surface area contributed by atoms with Crippen molar-refractivity contribution in [1.82, 2.24) is 4.98 Å². The minimum atomic E-state index is 0.570. The summed E-state index contributed by atoms with van der Waals surface area (Å²) in [5.41, 5.74) is 18.1. The first kappa shape index (κ1) is 39.1. The summed E-state index contributed by atoms with van der Waals surface area (Å²) >= 11 is 0. The first-order valence-corrected chi connectivity index (χ1v) is 21.9. The van der Waals surface area contributed by atoms with Crippen molar-refractivity contribution in [3.63, 3.8) is 0 Å². The molecule has 0 fully saturated rings. The maximum Gasteiger partial charge on any atom is 0.227 e. The minimum Gasteiger partial charge on any atom is -0.436 e. The van der Waals surface area contributed by atoms with Gasteiger partial charge in [0.1, 0.15) is 5.52 Å². The van der Waals surface area contributed by atoms with Crippen LogP contribution in [0.1, 0.15) is 0 Å². The molecule has 65 heavy (non-hydrogen) atoms. The number of aromatic nitrogens is 1. The molecule has 1 heterocycles. The van der Waals surface area contributed by atoms with E-state index in [-0.39, 0.29) is 0 Å². The molecule has 11 aromatic rings. The predicted octanol–water partition coefficient (Wildman–Crippen LogP) is 17.1. The zero-order valence-electron chi connectivity index (χ0n) is 35.6. The van der Waals surface area contributed by atoms with Gasteiger partial charge in [0, 0.05) is 45.8 Å². The Morgan fingerprint density at radius 1 is 0.246 bits per heavy atom. The summed E-state index contributed by atoms with van der Waals surface area (Å²) < 4.78 is 6.60. The second-order valence-corrected chi connectivity index (χ2v) is 16.0. The lowest BCUT2D eigenvalue weighted by molar-refractivity contribution is 0.620. The van der Waals surface area contributed by atoms with Gasteiger partial charge in [-0.2, -0.15) is 0 Å². The number of rotatable bonds is 11.